The Morgan fingerprint density at radius 1 is 1.50 bits per heavy atom. The van der Waals surface area contributed by atoms with Crippen molar-refractivity contribution in [3.05, 3.63) is 34.1 Å². The maximum absolute atomic E-state index is 13.1. The normalized spacial score (nSPS) is 9.93. The van der Waals surface area contributed by atoms with Crippen LogP contribution in [0.5, 0.6) is 0 Å². The highest BCUT2D eigenvalue weighted by Gasteiger charge is 2.10. The summed E-state index contributed by atoms with van der Waals surface area (Å²) < 4.78 is 25.4. The predicted molar refractivity (Wildman–Crippen MR) is 52.4 cm³/mol. The number of rotatable bonds is 3. The van der Waals surface area contributed by atoms with Gasteiger partial charge in [-0.1, -0.05) is 15.9 Å². The lowest BCUT2D eigenvalue weighted by Gasteiger charge is -2.03. The van der Waals surface area contributed by atoms with Crippen molar-refractivity contribution in [1.82, 2.24) is 5.32 Å². The van der Waals surface area contributed by atoms with Gasteiger partial charge in [-0.25, -0.2) is 8.78 Å². The maximum Gasteiger partial charge on any atom is 0.254 e. The van der Waals surface area contributed by atoms with Crippen LogP contribution in [-0.4, -0.2) is 19.1 Å². The van der Waals surface area contributed by atoms with E-state index >= 15 is 0 Å². The van der Waals surface area contributed by atoms with E-state index in [1.54, 1.807) is 6.07 Å². The first kappa shape index (κ1) is 11.1. The van der Waals surface area contributed by atoms with E-state index in [-0.39, 0.29) is 12.1 Å². The highest BCUT2D eigenvalue weighted by Crippen LogP contribution is 2.14. The van der Waals surface area contributed by atoms with Crippen LogP contribution >= 0.6 is 15.9 Å². The van der Waals surface area contributed by atoms with Crippen LogP contribution in [0.15, 0.2) is 22.7 Å². The lowest BCUT2D eigenvalue weighted by atomic mass is 10.2. The standard InChI is InChI=1S/C9H8BrF2NO/c10-6-1-2-7(8(12)5-6)9(14)13-4-3-11/h1-2,5H,3-4H2,(H,13,14). The molecule has 0 atom stereocenters. The molecule has 2 nitrogen and oxygen atoms in total. The molecule has 0 bridgehead atoms. The van der Waals surface area contributed by atoms with Crippen molar-refractivity contribution in [1.29, 1.82) is 0 Å². The van der Waals surface area contributed by atoms with E-state index in [2.05, 4.69) is 21.2 Å². The lowest BCUT2D eigenvalue weighted by Crippen LogP contribution is -2.26. The number of alkyl halides is 1. The average molecular weight is 264 g/mol. The van der Waals surface area contributed by atoms with Gasteiger partial charge < -0.3 is 5.32 Å². The van der Waals surface area contributed by atoms with Gasteiger partial charge in [0.15, 0.2) is 0 Å². The molecule has 0 heterocycles. The Morgan fingerprint density at radius 3 is 2.79 bits per heavy atom. The molecule has 1 N–H and O–H groups in total. The Hall–Kier alpha value is -0.970. The van der Waals surface area contributed by atoms with Crippen LogP contribution in [0.2, 0.25) is 0 Å². The monoisotopic (exact) mass is 263 g/mol. The largest absolute Gasteiger partial charge is 0.349 e. The van der Waals surface area contributed by atoms with E-state index in [9.17, 15) is 13.6 Å². The van der Waals surface area contributed by atoms with Gasteiger partial charge in [-0.15, -0.1) is 0 Å². The van der Waals surface area contributed by atoms with E-state index in [4.69, 9.17) is 0 Å². The molecule has 0 aliphatic heterocycles. The number of nitrogens with one attached hydrogen (secondary N) is 1. The highest BCUT2D eigenvalue weighted by molar-refractivity contribution is 9.10. The third-order valence-corrected chi connectivity index (χ3v) is 2.05. The minimum absolute atomic E-state index is 0.0818. The van der Waals surface area contributed by atoms with Crippen LogP contribution in [0, 0.1) is 5.82 Å². The summed E-state index contributed by atoms with van der Waals surface area (Å²) in [6.45, 7) is -0.766. The first-order chi connectivity index (χ1) is 6.65. The zero-order chi connectivity index (χ0) is 10.6. The number of carbonyl (C=O) groups excluding carboxylic acids is 1. The summed E-state index contributed by atoms with van der Waals surface area (Å²) in [5.41, 5.74) is -0.0818. The molecule has 0 saturated carbocycles. The van der Waals surface area contributed by atoms with Gasteiger partial charge in [0, 0.05) is 11.0 Å². The smallest absolute Gasteiger partial charge is 0.254 e. The fraction of sp³-hybridized carbons (Fsp3) is 0.222. The molecule has 5 heteroatoms. The molecule has 0 radical (unpaired) electrons. The van der Waals surface area contributed by atoms with Crippen molar-refractivity contribution < 1.29 is 13.6 Å². The van der Waals surface area contributed by atoms with Gasteiger partial charge in [-0.2, -0.15) is 0 Å². The van der Waals surface area contributed by atoms with Crippen molar-refractivity contribution in [2.75, 3.05) is 13.2 Å². The van der Waals surface area contributed by atoms with E-state index in [1.165, 1.54) is 12.1 Å². The molecular formula is C9H8BrF2NO. The van der Waals surface area contributed by atoms with Crippen molar-refractivity contribution in [2.45, 2.75) is 0 Å². The van der Waals surface area contributed by atoms with E-state index in [0.29, 0.717) is 4.47 Å². The Morgan fingerprint density at radius 2 is 2.21 bits per heavy atom. The molecular weight excluding hydrogens is 256 g/mol. The van der Waals surface area contributed by atoms with Crippen LogP contribution < -0.4 is 5.32 Å². The van der Waals surface area contributed by atoms with Gasteiger partial charge in [0.1, 0.15) is 12.5 Å². The molecule has 76 valence electrons. The van der Waals surface area contributed by atoms with Crippen LogP contribution in [0.25, 0.3) is 0 Å². The molecule has 0 fully saturated rings. The van der Waals surface area contributed by atoms with Crippen LogP contribution in [-0.2, 0) is 0 Å². The summed E-state index contributed by atoms with van der Waals surface area (Å²) in [6.07, 6.45) is 0. The average Bonchev–Trinajstić information content (AvgIpc) is 2.14. The Kier molecular flexibility index (Phi) is 4.00. The third kappa shape index (κ3) is 2.77. The summed E-state index contributed by atoms with van der Waals surface area (Å²) in [5.74, 6) is -1.23. The summed E-state index contributed by atoms with van der Waals surface area (Å²) in [7, 11) is 0. The number of hydrogen-bond donors (Lipinski definition) is 1. The van der Waals surface area contributed by atoms with Gasteiger partial charge in [0.2, 0.25) is 0 Å². The Bertz CT molecular complexity index is 344. The van der Waals surface area contributed by atoms with E-state index < -0.39 is 18.4 Å². The molecule has 0 aliphatic rings. The molecule has 1 aromatic carbocycles. The highest BCUT2D eigenvalue weighted by atomic mass is 79.9. The molecule has 0 aromatic heterocycles. The van der Waals surface area contributed by atoms with Gasteiger partial charge in [0.25, 0.3) is 5.91 Å². The van der Waals surface area contributed by atoms with Crippen molar-refractivity contribution >= 4 is 21.8 Å². The topological polar surface area (TPSA) is 29.1 Å². The minimum atomic E-state index is -0.663. The van der Waals surface area contributed by atoms with Gasteiger partial charge in [0.05, 0.1) is 5.56 Å². The van der Waals surface area contributed by atoms with Gasteiger partial charge in [-0.05, 0) is 18.2 Å². The number of hydrogen-bond acceptors (Lipinski definition) is 1. The zero-order valence-corrected chi connectivity index (χ0v) is 8.77. The molecule has 0 aliphatic carbocycles. The lowest BCUT2D eigenvalue weighted by molar-refractivity contribution is 0.0947. The summed E-state index contributed by atoms with van der Waals surface area (Å²) in [4.78, 5) is 11.2. The molecule has 0 unspecified atom stereocenters. The maximum atomic E-state index is 13.1. The Balaban J connectivity index is 2.80. The third-order valence-electron chi connectivity index (χ3n) is 1.56. The second-order valence-electron chi connectivity index (χ2n) is 2.57. The van der Waals surface area contributed by atoms with Crippen molar-refractivity contribution in [3.63, 3.8) is 0 Å². The summed E-state index contributed by atoms with van der Waals surface area (Å²) in [5, 5.41) is 2.24. The van der Waals surface area contributed by atoms with E-state index in [1.807, 2.05) is 0 Å². The number of halogens is 3. The minimum Gasteiger partial charge on any atom is -0.349 e. The van der Waals surface area contributed by atoms with Gasteiger partial charge >= 0.3 is 0 Å². The molecule has 14 heavy (non-hydrogen) atoms. The first-order valence-electron chi connectivity index (χ1n) is 3.94. The zero-order valence-electron chi connectivity index (χ0n) is 7.19. The second-order valence-corrected chi connectivity index (χ2v) is 3.48. The number of carbonyl (C=O) groups is 1. The van der Waals surface area contributed by atoms with Crippen LogP contribution in [0.3, 0.4) is 0 Å². The van der Waals surface area contributed by atoms with Crippen molar-refractivity contribution in [2.24, 2.45) is 0 Å². The second kappa shape index (κ2) is 5.05. The van der Waals surface area contributed by atoms with Gasteiger partial charge in [-0.3, -0.25) is 4.79 Å². The van der Waals surface area contributed by atoms with Crippen LogP contribution in [0.4, 0.5) is 8.78 Å². The van der Waals surface area contributed by atoms with Crippen LogP contribution in [0.1, 0.15) is 10.4 Å². The van der Waals surface area contributed by atoms with Crippen molar-refractivity contribution in [3.8, 4) is 0 Å². The summed E-state index contributed by atoms with van der Waals surface area (Å²) in [6, 6.07) is 4.07. The van der Waals surface area contributed by atoms with E-state index in [0.717, 1.165) is 0 Å². The summed E-state index contributed by atoms with van der Waals surface area (Å²) >= 11 is 3.07. The first-order valence-corrected chi connectivity index (χ1v) is 4.73. The fourth-order valence-electron chi connectivity index (χ4n) is 0.930. The molecule has 0 saturated heterocycles. The fourth-order valence-corrected chi connectivity index (χ4v) is 1.26. The molecule has 1 rings (SSSR count). The number of amides is 1. The number of benzene rings is 1. The Labute approximate surface area is 88.4 Å². The quantitative estimate of drug-likeness (QED) is 0.891. The predicted octanol–water partition coefficient (Wildman–Crippen LogP) is 2.29. The molecule has 1 amide bonds. The molecule has 0 spiro atoms. The molecule has 1 aromatic rings. The SMILES string of the molecule is O=C(NCCF)c1ccc(Br)cc1F.